The molecule has 0 spiro atoms. The Morgan fingerprint density at radius 3 is 2.67 bits per heavy atom. The minimum atomic E-state index is 0.668. The highest BCUT2D eigenvalue weighted by molar-refractivity contribution is 9.10. The predicted octanol–water partition coefficient (Wildman–Crippen LogP) is 3.35. The summed E-state index contributed by atoms with van der Waals surface area (Å²) in [6, 6.07) is 11.9. The molecule has 0 fully saturated rings. The summed E-state index contributed by atoms with van der Waals surface area (Å²) < 4.78 is 0.917. The molecule has 0 atom stereocenters. The van der Waals surface area contributed by atoms with Crippen molar-refractivity contribution >= 4 is 21.6 Å². The number of nitriles is 1. The van der Waals surface area contributed by atoms with Crippen molar-refractivity contribution in [3.05, 3.63) is 58.3 Å². The standard InChI is InChI=1S/C14H12BrN3/c1-18(10-11-4-6-17-7-5-11)14-3-2-13(15)8-12(14)9-16/h2-8H,10H2,1H3. The first kappa shape index (κ1) is 12.6. The Morgan fingerprint density at radius 1 is 1.28 bits per heavy atom. The van der Waals surface area contributed by atoms with Gasteiger partial charge in [0.15, 0.2) is 0 Å². The second kappa shape index (κ2) is 5.65. The Hall–Kier alpha value is -1.86. The number of hydrogen-bond acceptors (Lipinski definition) is 3. The van der Waals surface area contributed by atoms with E-state index in [-0.39, 0.29) is 0 Å². The maximum atomic E-state index is 9.15. The molecule has 0 saturated heterocycles. The van der Waals surface area contributed by atoms with Gasteiger partial charge < -0.3 is 4.90 Å². The summed E-state index contributed by atoms with van der Waals surface area (Å²) in [6.45, 7) is 0.749. The van der Waals surface area contributed by atoms with Gasteiger partial charge in [-0.25, -0.2) is 0 Å². The molecule has 0 amide bonds. The Kier molecular flexibility index (Phi) is 3.96. The van der Waals surface area contributed by atoms with Crippen molar-refractivity contribution in [2.75, 3.05) is 11.9 Å². The molecule has 0 bridgehead atoms. The van der Waals surface area contributed by atoms with E-state index in [9.17, 15) is 0 Å². The largest absolute Gasteiger partial charge is 0.369 e. The van der Waals surface area contributed by atoms with E-state index in [1.165, 1.54) is 5.56 Å². The van der Waals surface area contributed by atoms with Gasteiger partial charge in [0.2, 0.25) is 0 Å². The Labute approximate surface area is 115 Å². The molecule has 0 aliphatic heterocycles. The number of anilines is 1. The highest BCUT2D eigenvalue weighted by atomic mass is 79.9. The van der Waals surface area contributed by atoms with Gasteiger partial charge in [-0.2, -0.15) is 5.26 Å². The van der Waals surface area contributed by atoms with Crippen LogP contribution in [0.1, 0.15) is 11.1 Å². The van der Waals surface area contributed by atoms with Crippen LogP contribution in [0.15, 0.2) is 47.2 Å². The molecule has 2 aromatic rings. The van der Waals surface area contributed by atoms with E-state index in [4.69, 9.17) is 5.26 Å². The fourth-order valence-corrected chi connectivity index (χ4v) is 2.14. The van der Waals surface area contributed by atoms with Crippen LogP contribution in [0.2, 0.25) is 0 Å². The number of rotatable bonds is 3. The van der Waals surface area contributed by atoms with Crippen molar-refractivity contribution in [2.24, 2.45) is 0 Å². The molecule has 90 valence electrons. The normalized spacial score (nSPS) is 9.83. The number of hydrogen-bond donors (Lipinski definition) is 0. The van der Waals surface area contributed by atoms with Crippen molar-refractivity contribution in [3.8, 4) is 6.07 Å². The summed E-state index contributed by atoms with van der Waals surface area (Å²) in [4.78, 5) is 6.05. The average molecular weight is 302 g/mol. The smallest absolute Gasteiger partial charge is 0.101 e. The van der Waals surface area contributed by atoms with Crippen LogP contribution < -0.4 is 4.90 Å². The van der Waals surface area contributed by atoms with Gasteiger partial charge in [0.05, 0.1) is 11.3 Å². The van der Waals surface area contributed by atoms with E-state index in [2.05, 4.69) is 31.9 Å². The number of nitrogens with zero attached hydrogens (tertiary/aromatic N) is 3. The first-order chi connectivity index (χ1) is 8.70. The highest BCUT2D eigenvalue weighted by Gasteiger charge is 2.08. The van der Waals surface area contributed by atoms with Crippen molar-refractivity contribution < 1.29 is 0 Å². The minimum absolute atomic E-state index is 0.668. The third-order valence-electron chi connectivity index (χ3n) is 2.66. The van der Waals surface area contributed by atoms with Crippen molar-refractivity contribution in [3.63, 3.8) is 0 Å². The molecular formula is C14H12BrN3. The van der Waals surface area contributed by atoms with Crippen molar-refractivity contribution in [1.29, 1.82) is 5.26 Å². The summed E-state index contributed by atoms with van der Waals surface area (Å²) >= 11 is 3.38. The van der Waals surface area contributed by atoms with Crippen molar-refractivity contribution in [1.82, 2.24) is 4.98 Å². The molecule has 0 N–H and O–H groups in total. The second-order valence-corrected chi connectivity index (χ2v) is 4.90. The van der Waals surface area contributed by atoms with E-state index < -0.39 is 0 Å². The molecule has 0 saturated carbocycles. The molecule has 2 rings (SSSR count). The van der Waals surface area contributed by atoms with Gasteiger partial charge in [-0.3, -0.25) is 4.98 Å². The minimum Gasteiger partial charge on any atom is -0.369 e. The van der Waals surface area contributed by atoms with Gasteiger partial charge in [-0.1, -0.05) is 15.9 Å². The summed E-state index contributed by atoms with van der Waals surface area (Å²) in [6.07, 6.45) is 3.55. The summed E-state index contributed by atoms with van der Waals surface area (Å²) in [5, 5.41) is 9.15. The monoisotopic (exact) mass is 301 g/mol. The quantitative estimate of drug-likeness (QED) is 0.873. The molecule has 1 aromatic heterocycles. The van der Waals surface area contributed by atoms with Gasteiger partial charge in [0.1, 0.15) is 6.07 Å². The topological polar surface area (TPSA) is 39.9 Å². The lowest BCUT2D eigenvalue weighted by Gasteiger charge is -2.20. The molecule has 4 heteroatoms. The number of benzene rings is 1. The van der Waals surface area contributed by atoms with E-state index in [0.717, 1.165) is 16.7 Å². The molecular weight excluding hydrogens is 290 g/mol. The number of halogens is 1. The van der Waals surface area contributed by atoms with Crippen LogP contribution in [-0.2, 0) is 6.54 Å². The Balaban J connectivity index is 2.24. The first-order valence-corrected chi connectivity index (χ1v) is 6.29. The highest BCUT2D eigenvalue weighted by Crippen LogP contribution is 2.24. The van der Waals surface area contributed by atoms with Crippen LogP contribution in [0.4, 0.5) is 5.69 Å². The predicted molar refractivity (Wildman–Crippen MR) is 75.2 cm³/mol. The number of aromatic nitrogens is 1. The van der Waals surface area contributed by atoms with E-state index in [1.807, 2.05) is 37.4 Å². The fourth-order valence-electron chi connectivity index (χ4n) is 1.78. The maximum absolute atomic E-state index is 9.15. The van der Waals surface area contributed by atoms with E-state index in [0.29, 0.717) is 5.56 Å². The van der Waals surface area contributed by atoms with Crippen LogP contribution >= 0.6 is 15.9 Å². The molecule has 0 radical (unpaired) electrons. The van der Waals surface area contributed by atoms with Crippen molar-refractivity contribution in [2.45, 2.75) is 6.54 Å². The molecule has 1 aromatic carbocycles. The first-order valence-electron chi connectivity index (χ1n) is 5.50. The van der Waals surface area contributed by atoms with E-state index >= 15 is 0 Å². The molecule has 3 nitrogen and oxygen atoms in total. The average Bonchev–Trinajstić information content (AvgIpc) is 2.39. The zero-order chi connectivity index (χ0) is 13.0. The SMILES string of the molecule is CN(Cc1ccncc1)c1ccc(Br)cc1C#N. The van der Waals surface area contributed by atoms with Crippen LogP contribution in [0.5, 0.6) is 0 Å². The Morgan fingerprint density at radius 2 is 2.00 bits per heavy atom. The molecule has 0 aliphatic carbocycles. The second-order valence-electron chi connectivity index (χ2n) is 3.98. The third-order valence-corrected chi connectivity index (χ3v) is 3.15. The van der Waals surface area contributed by atoms with Crippen LogP contribution in [0, 0.1) is 11.3 Å². The molecule has 0 aliphatic rings. The lowest BCUT2D eigenvalue weighted by Crippen LogP contribution is -2.17. The zero-order valence-corrected chi connectivity index (χ0v) is 11.6. The van der Waals surface area contributed by atoms with Gasteiger partial charge in [-0.05, 0) is 35.9 Å². The van der Waals surface area contributed by atoms with Gasteiger partial charge in [0.25, 0.3) is 0 Å². The van der Waals surface area contributed by atoms with Crippen LogP contribution in [0.25, 0.3) is 0 Å². The fraction of sp³-hybridized carbons (Fsp3) is 0.143. The summed E-state index contributed by atoms with van der Waals surface area (Å²) in [5.74, 6) is 0. The molecule has 1 heterocycles. The van der Waals surface area contributed by atoms with Gasteiger partial charge in [0, 0.05) is 30.5 Å². The molecule has 0 unspecified atom stereocenters. The van der Waals surface area contributed by atoms with Crippen LogP contribution in [-0.4, -0.2) is 12.0 Å². The third kappa shape index (κ3) is 2.88. The Bertz CT molecular complexity index is 575. The lowest BCUT2D eigenvalue weighted by atomic mass is 10.1. The van der Waals surface area contributed by atoms with Gasteiger partial charge >= 0.3 is 0 Å². The van der Waals surface area contributed by atoms with Gasteiger partial charge in [-0.15, -0.1) is 0 Å². The summed E-state index contributed by atoms with van der Waals surface area (Å²) in [7, 11) is 1.98. The lowest BCUT2D eigenvalue weighted by molar-refractivity contribution is 0.917. The van der Waals surface area contributed by atoms with E-state index in [1.54, 1.807) is 12.4 Å². The van der Waals surface area contributed by atoms with Crippen LogP contribution in [0.3, 0.4) is 0 Å². The molecule has 18 heavy (non-hydrogen) atoms. The summed E-state index contributed by atoms with van der Waals surface area (Å²) in [5.41, 5.74) is 2.76. The zero-order valence-electron chi connectivity index (χ0n) is 9.97. The maximum Gasteiger partial charge on any atom is 0.101 e. The number of pyridine rings is 1.